The first-order valence-corrected chi connectivity index (χ1v) is 9.41. The molecule has 4 rings (SSSR count). The summed E-state index contributed by atoms with van der Waals surface area (Å²) in [6, 6.07) is 2.34. The molecule has 2 unspecified atom stereocenters. The van der Waals surface area contributed by atoms with Crippen LogP contribution >= 0.6 is 0 Å². The Morgan fingerprint density at radius 2 is 1.75 bits per heavy atom. The number of nitrogens with zero attached hydrogens (tertiary/aromatic N) is 5. The van der Waals surface area contributed by atoms with E-state index in [1.165, 1.54) is 38.5 Å². The normalized spacial score (nSPS) is 28.9. The van der Waals surface area contributed by atoms with E-state index in [1.807, 2.05) is 6.07 Å². The average Bonchev–Trinajstić information content (AvgIpc) is 3.42. The third-order valence-corrected chi connectivity index (χ3v) is 5.80. The Hall–Kier alpha value is -1.85. The summed E-state index contributed by atoms with van der Waals surface area (Å²) < 4.78 is 0. The fourth-order valence-electron chi connectivity index (χ4n) is 4.26. The van der Waals surface area contributed by atoms with E-state index in [4.69, 9.17) is 10.7 Å². The van der Waals surface area contributed by atoms with Gasteiger partial charge in [-0.2, -0.15) is 0 Å². The zero-order valence-electron chi connectivity index (χ0n) is 14.3. The zero-order valence-corrected chi connectivity index (χ0v) is 14.3. The van der Waals surface area contributed by atoms with E-state index < -0.39 is 0 Å². The third kappa shape index (κ3) is 3.47. The van der Waals surface area contributed by atoms with Crippen LogP contribution in [0.2, 0.25) is 0 Å². The highest BCUT2D eigenvalue weighted by Crippen LogP contribution is 2.46. The lowest BCUT2D eigenvalue weighted by atomic mass is 9.85. The molecular formula is C18H28N6. The quantitative estimate of drug-likeness (QED) is 0.678. The van der Waals surface area contributed by atoms with Crippen molar-refractivity contribution < 1.29 is 0 Å². The van der Waals surface area contributed by atoms with E-state index in [1.54, 1.807) is 12.4 Å². The van der Waals surface area contributed by atoms with Gasteiger partial charge in [0.2, 0.25) is 5.95 Å². The van der Waals surface area contributed by atoms with Gasteiger partial charge >= 0.3 is 0 Å². The van der Waals surface area contributed by atoms with Crippen LogP contribution in [0.3, 0.4) is 0 Å². The highest BCUT2D eigenvalue weighted by molar-refractivity contribution is 5.78. The second kappa shape index (κ2) is 6.95. The monoisotopic (exact) mass is 328 g/mol. The standard InChI is InChI=1S/C18H28N6/c19-17(22-16-13-15(16)14-5-2-1-3-6-14)23-9-11-24(12-10-23)18-20-7-4-8-21-18/h4,7-8,14-16H,1-3,5-6,9-13H2,(H2,19,22). The molecule has 0 aromatic carbocycles. The molecule has 130 valence electrons. The van der Waals surface area contributed by atoms with Crippen LogP contribution in [0.1, 0.15) is 38.5 Å². The number of anilines is 1. The van der Waals surface area contributed by atoms with E-state index in [0.29, 0.717) is 6.04 Å². The van der Waals surface area contributed by atoms with Crippen molar-refractivity contribution in [3.05, 3.63) is 18.5 Å². The summed E-state index contributed by atoms with van der Waals surface area (Å²) in [5, 5.41) is 0. The molecule has 24 heavy (non-hydrogen) atoms. The number of piperazine rings is 1. The fraction of sp³-hybridized carbons (Fsp3) is 0.722. The van der Waals surface area contributed by atoms with E-state index in [-0.39, 0.29) is 0 Å². The van der Waals surface area contributed by atoms with Crippen molar-refractivity contribution in [1.29, 1.82) is 0 Å². The molecule has 2 atom stereocenters. The number of hydrogen-bond donors (Lipinski definition) is 1. The third-order valence-electron chi connectivity index (χ3n) is 5.80. The Morgan fingerprint density at radius 1 is 1.04 bits per heavy atom. The maximum Gasteiger partial charge on any atom is 0.225 e. The lowest BCUT2D eigenvalue weighted by Gasteiger charge is -2.35. The molecular weight excluding hydrogens is 300 g/mol. The Morgan fingerprint density at radius 3 is 2.46 bits per heavy atom. The van der Waals surface area contributed by atoms with E-state index >= 15 is 0 Å². The SMILES string of the molecule is NC(=NC1CC1C1CCCCC1)N1CCN(c2ncccn2)CC1. The molecule has 2 saturated carbocycles. The molecule has 3 fully saturated rings. The minimum atomic E-state index is 0.489. The van der Waals surface area contributed by atoms with Crippen LogP contribution in [0, 0.1) is 11.8 Å². The van der Waals surface area contributed by atoms with Gasteiger partial charge in [-0.25, -0.2) is 15.0 Å². The minimum absolute atomic E-state index is 0.489. The van der Waals surface area contributed by atoms with Crippen molar-refractivity contribution in [3.63, 3.8) is 0 Å². The number of rotatable bonds is 3. The highest BCUT2D eigenvalue weighted by Gasteiger charge is 2.43. The molecule has 1 aliphatic heterocycles. The van der Waals surface area contributed by atoms with Gasteiger partial charge in [0.1, 0.15) is 0 Å². The van der Waals surface area contributed by atoms with Gasteiger partial charge in [0.15, 0.2) is 5.96 Å². The molecule has 6 heteroatoms. The maximum atomic E-state index is 6.29. The summed E-state index contributed by atoms with van der Waals surface area (Å²) in [6.07, 6.45) is 11.9. The van der Waals surface area contributed by atoms with Crippen LogP contribution in [0.25, 0.3) is 0 Å². The molecule has 0 spiro atoms. The number of aliphatic imine (C=N–C) groups is 1. The zero-order chi connectivity index (χ0) is 16.4. The van der Waals surface area contributed by atoms with Crippen molar-refractivity contribution in [2.75, 3.05) is 31.1 Å². The molecule has 0 radical (unpaired) electrons. The van der Waals surface area contributed by atoms with Gasteiger partial charge in [-0.15, -0.1) is 0 Å². The van der Waals surface area contributed by atoms with E-state index in [2.05, 4.69) is 19.8 Å². The number of guanidine groups is 1. The van der Waals surface area contributed by atoms with Crippen molar-refractivity contribution in [3.8, 4) is 0 Å². The molecule has 0 bridgehead atoms. The van der Waals surface area contributed by atoms with Crippen LogP contribution in [-0.2, 0) is 0 Å². The fourth-order valence-corrected chi connectivity index (χ4v) is 4.26. The van der Waals surface area contributed by atoms with Crippen molar-refractivity contribution in [2.24, 2.45) is 22.6 Å². The molecule has 6 nitrogen and oxygen atoms in total. The molecule has 3 aliphatic rings. The smallest absolute Gasteiger partial charge is 0.225 e. The molecule has 0 amide bonds. The largest absolute Gasteiger partial charge is 0.370 e. The summed E-state index contributed by atoms with van der Waals surface area (Å²) in [7, 11) is 0. The lowest BCUT2D eigenvalue weighted by Crippen LogP contribution is -2.51. The maximum absolute atomic E-state index is 6.29. The Kier molecular flexibility index (Phi) is 4.54. The van der Waals surface area contributed by atoms with Crippen LogP contribution in [-0.4, -0.2) is 53.0 Å². The van der Waals surface area contributed by atoms with Crippen LogP contribution in [0.4, 0.5) is 5.95 Å². The molecule has 1 aromatic rings. The first-order chi connectivity index (χ1) is 11.8. The van der Waals surface area contributed by atoms with Gasteiger partial charge in [-0.3, -0.25) is 0 Å². The molecule has 2 N–H and O–H groups in total. The van der Waals surface area contributed by atoms with E-state index in [9.17, 15) is 0 Å². The van der Waals surface area contributed by atoms with Gasteiger partial charge in [-0.05, 0) is 24.3 Å². The number of nitrogens with two attached hydrogens (primary N) is 1. The first kappa shape index (κ1) is 15.7. The summed E-state index contributed by atoms with van der Waals surface area (Å²) in [6.45, 7) is 3.59. The second-order valence-electron chi connectivity index (χ2n) is 7.38. The Balaban J connectivity index is 1.28. The average molecular weight is 328 g/mol. The van der Waals surface area contributed by atoms with Gasteiger partial charge in [0, 0.05) is 38.6 Å². The summed E-state index contributed by atoms with van der Waals surface area (Å²) in [5.41, 5.74) is 6.29. The van der Waals surface area contributed by atoms with Crippen molar-refractivity contribution in [2.45, 2.75) is 44.6 Å². The first-order valence-electron chi connectivity index (χ1n) is 9.41. The van der Waals surface area contributed by atoms with Crippen LogP contribution in [0.5, 0.6) is 0 Å². The van der Waals surface area contributed by atoms with E-state index in [0.717, 1.165) is 49.9 Å². The summed E-state index contributed by atoms with van der Waals surface area (Å²) in [4.78, 5) is 17.9. The predicted molar refractivity (Wildman–Crippen MR) is 95.9 cm³/mol. The molecule has 2 heterocycles. The Labute approximate surface area is 144 Å². The minimum Gasteiger partial charge on any atom is -0.370 e. The molecule has 1 aromatic heterocycles. The number of hydrogen-bond acceptors (Lipinski definition) is 4. The van der Waals surface area contributed by atoms with Crippen molar-refractivity contribution >= 4 is 11.9 Å². The predicted octanol–water partition coefficient (Wildman–Crippen LogP) is 1.88. The van der Waals surface area contributed by atoms with Gasteiger partial charge < -0.3 is 15.5 Å². The van der Waals surface area contributed by atoms with Gasteiger partial charge in [0.25, 0.3) is 0 Å². The summed E-state index contributed by atoms with van der Waals surface area (Å²) >= 11 is 0. The summed E-state index contributed by atoms with van der Waals surface area (Å²) in [5.74, 6) is 3.27. The topological polar surface area (TPSA) is 70.6 Å². The molecule has 2 aliphatic carbocycles. The van der Waals surface area contributed by atoms with Crippen molar-refractivity contribution in [1.82, 2.24) is 14.9 Å². The van der Waals surface area contributed by atoms with Gasteiger partial charge in [0.05, 0.1) is 6.04 Å². The highest BCUT2D eigenvalue weighted by atomic mass is 15.4. The number of aromatic nitrogens is 2. The molecule has 1 saturated heterocycles. The lowest BCUT2D eigenvalue weighted by molar-refractivity contribution is 0.317. The van der Waals surface area contributed by atoms with Crippen LogP contribution in [0.15, 0.2) is 23.5 Å². The second-order valence-corrected chi connectivity index (χ2v) is 7.38. The van der Waals surface area contributed by atoms with Crippen LogP contribution < -0.4 is 10.6 Å². The van der Waals surface area contributed by atoms with Gasteiger partial charge in [-0.1, -0.05) is 32.1 Å². The Bertz CT molecular complexity index is 560.